The normalized spacial score (nSPS) is 10.8. The largest absolute Gasteiger partial charge is 0.387 e. The average molecular weight is 258 g/mol. The fraction of sp³-hybridized carbons (Fsp3) is 0.0714. The van der Waals surface area contributed by atoms with Crippen LogP contribution in [-0.2, 0) is 0 Å². The van der Waals surface area contributed by atoms with Gasteiger partial charge < -0.3 is 5.32 Å². The number of hydrogen-bond acceptors (Lipinski definition) is 2. The van der Waals surface area contributed by atoms with Gasteiger partial charge in [0.1, 0.15) is 5.82 Å². The van der Waals surface area contributed by atoms with Crippen molar-refractivity contribution in [3.8, 4) is 11.4 Å². The number of rotatable bonds is 2. The minimum absolute atomic E-state index is 0.717. The van der Waals surface area contributed by atoms with Crippen LogP contribution in [0.25, 0.3) is 16.9 Å². The molecule has 2 heterocycles. The maximum atomic E-state index is 6.02. The molecule has 3 rings (SSSR count). The topological polar surface area (TPSA) is 29.3 Å². The van der Waals surface area contributed by atoms with E-state index in [4.69, 9.17) is 11.6 Å². The standard InChI is InChI=1S/C14H12ClN3/c1-16-12-5-6-13-8-17-14(18(13)9-12)10-3-2-4-11(15)7-10/h2-9,16H,1H3. The summed E-state index contributed by atoms with van der Waals surface area (Å²) in [5.74, 6) is 0.893. The Morgan fingerprint density at radius 1 is 1.22 bits per heavy atom. The molecule has 0 spiro atoms. The first-order valence-corrected chi connectivity index (χ1v) is 6.06. The number of imidazole rings is 1. The number of anilines is 1. The summed E-state index contributed by atoms with van der Waals surface area (Å²) in [6.45, 7) is 0. The van der Waals surface area contributed by atoms with Crippen LogP contribution < -0.4 is 5.32 Å². The van der Waals surface area contributed by atoms with Crippen molar-refractivity contribution in [3.05, 3.63) is 53.8 Å². The molecule has 0 unspecified atom stereocenters. The summed E-state index contributed by atoms with van der Waals surface area (Å²) in [7, 11) is 1.90. The van der Waals surface area contributed by atoms with Crippen LogP contribution in [-0.4, -0.2) is 16.4 Å². The molecular weight excluding hydrogens is 246 g/mol. The van der Waals surface area contributed by atoms with Crippen LogP contribution in [0.4, 0.5) is 5.69 Å². The highest BCUT2D eigenvalue weighted by atomic mass is 35.5. The smallest absolute Gasteiger partial charge is 0.144 e. The van der Waals surface area contributed by atoms with Gasteiger partial charge in [-0.05, 0) is 24.3 Å². The Labute approximate surface area is 110 Å². The second-order valence-electron chi connectivity index (χ2n) is 4.05. The summed E-state index contributed by atoms with van der Waals surface area (Å²) in [6.07, 6.45) is 3.88. The van der Waals surface area contributed by atoms with Gasteiger partial charge in [-0.3, -0.25) is 4.40 Å². The number of nitrogens with zero attached hydrogens (tertiary/aromatic N) is 2. The number of pyridine rings is 1. The van der Waals surface area contributed by atoms with Crippen molar-refractivity contribution in [1.29, 1.82) is 0 Å². The first kappa shape index (κ1) is 11.1. The molecule has 0 aliphatic rings. The molecule has 0 atom stereocenters. The van der Waals surface area contributed by atoms with Crippen LogP contribution in [0.15, 0.2) is 48.8 Å². The highest BCUT2D eigenvalue weighted by molar-refractivity contribution is 6.30. The SMILES string of the molecule is CNc1ccc2cnc(-c3cccc(Cl)c3)n2c1. The lowest BCUT2D eigenvalue weighted by atomic mass is 10.2. The zero-order valence-corrected chi connectivity index (χ0v) is 10.6. The first-order chi connectivity index (χ1) is 8.78. The highest BCUT2D eigenvalue weighted by Crippen LogP contribution is 2.23. The summed E-state index contributed by atoms with van der Waals surface area (Å²) in [6, 6.07) is 11.8. The summed E-state index contributed by atoms with van der Waals surface area (Å²) in [4.78, 5) is 4.46. The maximum Gasteiger partial charge on any atom is 0.144 e. The second kappa shape index (κ2) is 4.35. The predicted octanol–water partition coefficient (Wildman–Crippen LogP) is 3.70. The Morgan fingerprint density at radius 2 is 2.11 bits per heavy atom. The van der Waals surface area contributed by atoms with Crippen molar-refractivity contribution in [2.24, 2.45) is 0 Å². The van der Waals surface area contributed by atoms with E-state index in [9.17, 15) is 0 Å². The van der Waals surface area contributed by atoms with Crippen LogP contribution in [0.1, 0.15) is 0 Å². The molecule has 3 aromatic rings. The highest BCUT2D eigenvalue weighted by Gasteiger charge is 2.06. The number of nitrogens with one attached hydrogen (secondary N) is 1. The molecule has 0 amide bonds. The summed E-state index contributed by atoms with van der Waals surface area (Å²) < 4.78 is 2.05. The van der Waals surface area contributed by atoms with Crippen molar-refractivity contribution < 1.29 is 0 Å². The molecule has 2 aromatic heterocycles. The number of fused-ring (bicyclic) bond motifs is 1. The summed E-state index contributed by atoms with van der Waals surface area (Å²) in [5, 5.41) is 3.84. The first-order valence-electron chi connectivity index (χ1n) is 5.69. The van der Waals surface area contributed by atoms with Crippen LogP contribution >= 0.6 is 11.6 Å². The Bertz CT molecular complexity index is 703. The van der Waals surface area contributed by atoms with E-state index in [0.29, 0.717) is 5.02 Å². The van der Waals surface area contributed by atoms with Gasteiger partial charge in [0.15, 0.2) is 0 Å². The van der Waals surface area contributed by atoms with E-state index in [1.807, 2.05) is 55.8 Å². The van der Waals surface area contributed by atoms with E-state index in [2.05, 4.69) is 14.7 Å². The quantitative estimate of drug-likeness (QED) is 0.759. The fourth-order valence-electron chi connectivity index (χ4n) is 1.98. The predicted molar refractivity (Wildman–Crippen MR) is 75.2 cm³/mol. The number of halogens is 1. The lowest BCUT2D eigenvalue weighted by Crippen LogP contribution is -1.93. The van der Waals surface area contributed by atoms with Gasteiger partial charge in [-0.1, -0.05) is 23.7 Å². The van der Waals surface area contributed by atoms with Crippen molar-refractivity contribution in [2.75, 3.05) is 12.4 Å². The van der Waals surface area contributed by atoms with E-state index in [0.717, 1.165) is 22.6 Å². The third kappa shape index (κ3) is 1.83. The van der Waals surface area contributed by atoms with Gasteiger partial charge in [-0.2, -0.15) is 0 Å². The Morgan fingerprint density at radius 3 is 2.89 bits per heavy atom. The van der Waals surface area contributed by atoms with Crippen molar-refractivity contribution >= 4 is 22.8 Å². The zero-order chi connectivity index (χ0) is 12.5. The summed E-state index contributed by atoms with van der Waals surface area (Å²) >= 11 is 6.02. The molecule has 0 saturated heterocycles. The Kier molecular flexibility index (Phi) is 2.68. The monoisotopic (exact) mass is 257 g/mol. The third-order valence-electron chi connectivity index (χ3n) is 2.90. The molecule has 18 heavy (non-hydrogen) atoms. The molecule has 1 N–H and O–H groups in total. The lowest BCUT2D eigenvalue weighted by Gasteiger charge is -2.05. The van der Waals surface area contributed by atoms with Crippen molar-refractivity contribution in [3.63, 3.8) is 0 Å². The molecule has 1 aromatic carbocycles. The molecule has 0 radical (unpaired) electrons. The van der Waals surface area contributed by atoms with Crippen molar-refractivity contribution in [2.45, 2.75) is 0 Å². The third-order valence-corrected chi connectivity index (χ3v) is 3.13. The average Bonchev–Trinajstić information content (AvgIpc) is 2.81. The number of hydrogen-bond donors (Lipinski definition) is 1. The molecule has 0 bridgehead atoms. The second-order valence-corrected chi connectivity index (χ2v) is 4.49. The van der Waals surface area contributed by atoms with Crippen molar-refractivity contribution in [1.82, 2.24) is 9.38 Å². The Hall–Kier alpha value is -2.00. The van der Waals surface area contributed by atoms with Crippen LogP contribution in [0.5, 0.6) is 0 Å². The van der Waals surface area contributed by atoms with Gasteiger partial charge in [0.25, 0.3) is 0 Å². The lowest BCUT2D eigenvalue weighted by molar-refractivity contribution is 1.16. The summed E-state index contributed by atoms with van der Waals surface area (Å²) in [5.41, 5.74) is 3.11. The van der Waals surface area contributed by atoms with E-state index < -0.39 is 0 Å². The van der Waals surface area contributed by atoms with Gasteiger partial charge in [0, 0.05) is 23.8 Å². The minimum atomic E-state index is 0.717. The van der Waals surface area contributed by atoms with E-state index in [-0.39, 0.29) is 0 Å². The van der Waals surface area contributed by atoms with Crippen LogP contribution in [0.3, 0.4) is 0 Å². The van der Waals surface area contributed by atoms with Gasteiger partial charge in [-0.25, -0.2) is 4.98 Å². The van der Waals surface area contributed by atoms with Gasteiger partial charge in [0.2, 0.25) is 0 Å². The molecule has 0 fully saturated rings. The van der Waals surface area contributed by atoms with E-state index in [1.165, 1.54) is 0 Å². The zero-order valence-electron chi connectivity index (χ0n) is 9.89. The molecule has 0 saturated carbocycles. The van der Waals surface area contributed by atoms with Crippen LogP contribution in [0.2, 0.25) is 5.02 Å². The molecule has 4 heteroatoms. The van der Waals surface area contributed by atoms with Gasteiger partial charge >= 0.3 is 0 Å². The Balaban J connectivity index is 2.22. The molecule has 3 nitrogen and oxygen atoms in total. The number of benzene rings is 1. The van der Waals surface area contributed by atoms with E-state index in [1.54, 1.807) is 0 Å². The molecule has 0 aliphatic carbocycles. The van der Waals surface area contributed by atoms with Gasteiger partial charge in [-0.15, -0.1) is 0 Å². The molecule has 0 aliphatic heterocycles. The molecular formula is C14H12ClN3. The fourth-order valence-corrected chi connectivity index (χ4v) is 2.17. The van der Waals surface area contributed by atoms with Crippen LogP contribution in [0, 0.1) is 0 Å². The maximum absolute atomic E-state index is 6.02. The van der Waals surface area contributed by atoms with E-state index >= 15 is 0 Å². The van der Waals surface area contributed by atoms with Gasteiger partial charge in [0.05, 0.1) is 17.4 Å². The minimum Gasteiger partial charge on any atom is -0.387 e. The number of aromatic nitrogens is 2. The molecule has 90 valence electrons.